The third-order valence-corrected chi connectivity index (χ3v) is 2.55. The van der Waals surface area contributed by atoms with Gasteiger partial charge in [-0.3, -0.25) is 4.79 Å². The Kier molecular flexibility index (Phi) is 4.95. The molecule has 2 nitrogen and oxygen atoms in total. The second kappa shape index (κ2) is 5.18. The van der Waals surface area contributed by atoms with Gasteiger partial charge >= 0.3 is 5.97 Å². The first-order valence-electron chi connectivity index (χ1n) is 4.71. The van der Waals surface area contributed by atoms with Gasteiger partial charge in [-0.25, -0.2) is 0 Å². The van der Waals surface area contributed by atoms with E-state index >= 15 is 0 Å². The Morgan fingerprint density at radius 1 is 1.33 bits per heavy atom. The van der Waals surface area contributed by atoms with Crippen LogP contribution in [0.1, 0.15) is 40.5 Å². The van der Waals surface area contributed by atoms with Crippen LogP contribution in [0.5, 0.6) is 0 Å². The minimum absolute atomic E-state index is 0.197. The average molecular weight is 172 g/mol. The normalized spacial score (nSPS) is 16.1. The first kappa shape index (κ1) is 11.5. The summed E-state index contributed by atoms with van der Waals surface area (Å²) in [5.74, 6) is 0.277. The minimum Gasteiger partial charge on any atom is -0.481 e. The minimum atomic E-state index is -0.672. The van der Waals surface area contributed by atoms with Gasteiger partial charge in [-0.1, -0.05) is 34.1 Å². The van der Waals surface area contributed by atoms with Crippen molar-refractivity contribution in [2.24, 2.45) is 17.8 Å². The average Bonchev–Trinajstić information content (AvgIpc) is 1.98. The molecule has 0 aromatic rings. The summed E-state index contributed by atoms with van der Waals surface area (Å²) in [5.41, 5.74) is 0. The molecule has 2 heteroatoms. The number of hydrogen-bond donors (Lipinski definition) is 1. The van der Waals surface area contributed by atoms with Crippen LogP contribution >= 0.6 is 0 Å². The Balaban J connectivity index is 3.93. The predicted octanol–water partition coefficient (Wildman–Crippen LogP) is 2.78. The van der Waals surface area contributed by atoms with Crippen LogP contribution in [0, 0.1) is 17.8 Å². The summed E-state index contributed by atoms with van der Waals surface area (Å²) in [7, 11) is 0. The molecule has 0 rings (SSSR count). The first-order valence-corrected chi connectivity index (χ1v) is 4.71. The lowest BCUT2D eigenvalue weighted by Crippen LogP contribution is -2.17. The Labute approximate surface area is 75.0 Å². The van der Waals surface area contributed by atoms with Gasteiger partial charge in [0.25, 0.3) is 0 Å². The molecule has 0 aromatic carbocycles. The number of rotatable bonds is 5. The summed E-state index contributed by atoms with van der Waals surface area (Å²) >= 11 is 0. The van der Waals surface area contributed by atoms with Gasteiger partial charge in [0.15, 0.2) is 0 Å². The summed E-state index contributed by atoms with van der Waals surface area (Å²) in [5, 5.41) is 8.71. The van der Waals surface area contributed by atoms with Gasteiger partial charge in [-0.15, -0.1) is 0 Å². The lowest BCUT2D eigenvalue weighted by molar-refractivity contribution is -0.141. The van der Waals surface area contributed by atoms with Crippen molar-refractivity contribution >= 4 is 5.97 Å². The Hall–Kier alpha value is -0.530. The van der Waals surface area contributed by atoms with Crippen molar-refractivity contribution in [1.29, 1.82) is 0 Å². The second-order valence-electron chi connectivity index (χ2n) is 3.89. The molecule has 12 heavy (non-hydrogen) atoms. The van der Waals surface area contributed by atoms with Gasteiger partial charge in [-0.05, 0) is 18.3 Å². The Morgan fingerprint density at radius 2 is 1.83 bits per heavy atom. The molecular weight excluding hydrogens is 152 g/mol. The monoisotopic (exact) mass is 172 g/mol. The molecule has 0 heterocycles. The van der Waals surface area contributed by atoms with E-state index in [9.17, 15) is 4.79 Å². The van der Waals surface area contributed by atoms with Crippen LogP contribution in [0.3, 0.4) is 0 Å². The smallest absolute Gasteiger partial charge is 0.306 e. The van der Waals surface area contributed by atoms with Gasteiger partial charge in [0.05, 0.1) is 5.92 Å². The van der Waals surface area contributed by atoms with Crippen LogP contribution in [-0.2, 0) is 4.79 Å². The summed E-state index contributed by atoms with van der Waals surface area (Å²) in [4.78, 5) is 10.6. The number of carbonyl (C=O) groups is 1. The topological polar surface area (TPSA) is 37.3 Å². The maximum Gasteiger partial charge on any atom is 0.306 e. The molecule has 0 fully saturated rings. The Morgan fingerprint density at radius 3 is 2.08 bits per heavy atom. The van der Waals surface area contributed by atoms with Crippen LogP contribution < -0.4 is 0 Å². The van der Waals surface area contributed by atoms with Crippen LogP contribution in [0.15, 0.2) is 0 Å². The highest BCUT2D eigenvalue weighted by Gasteiger charge is 2.18. The molecule has 0 radical (unpaired) electrons. The van der Waals surface area contributed by atoms with Gasteiger partial charge < -0.3 is 5.11 Å². The van der Waals surface area contributed by atoms with Crippen LogP contribution in [0.4, 0.5) is 0 Å². The highest BCUT2D eigenvalue weighted by atomic mass is 16.4. The van der Waals surface area contributed by atoms with Crippen molar-refractivity contribution in [3.63, 3.8) is 0 Å². The number of aliphatic carboxylic acids is 1. The number of hydrogen-bond acceptors (Lipinski definition) is 1. The van der Waals surface area contributed by atoms with Gasteiger partial charge in [-0.2, -0.15) is 0 Å². The molecule has 0 saturated carbocycles. The predicted molar refractivity (Wildman–Crippen MR) is 50.0 cm³/mol. The molecule has 0 aliphatic rings. The maximum absolute atomic E-state index is 10.6. The van der Waals surface area contributed by atoms with Crippen molar-refractivity contribution in [1.82, 2.24) is 0 Å². The summed E-state index contributed by atoms with van der Waals surface area (Å²) in [6.45, 7) is 8.22. The fraction of sp³-hybridized carbons (Fsp3) is 0.900. The van der Waals surface area contributed by atoms with Crippen molar-refractivity contribution in [2.45, 2.75) is 40.5 Å². The zero-order valence-electron chi connectivity index (χ0n) is 8.50. The largest absolute Gasteiger partial charge is 0.481 e. The second-order valence-corrected chi connectivity index (χ2v) is 3.89. The van der Waals surface area contributed by atoms with Crippen molar-refractivity contribution < 1.29 is 9.90 Å². The first-order chi connectivity index (χ1) is 5.49. The van der Waals surface area contributed by atoms with E-state index in [1.54, 1.807) is 6.92 Å². The molecule has 0 aliphatic carbocycles. The van der Waals surface area contributed by atoms with Crippen molar-refractivity contribution in [2.75, 3.05) is 0 Å². The molecule has 0 aromatic heterocycles. The molecule has 0 bridgehead atoms. The fourth-order valence-corrected chi connectivity index (χ4v) is 1.47. The highest BCUT2D eigenvalue weighted by molar-refractivity contribution is 5.69. The van der Waals surface area contributed by atoms with E-state index in [1.165, 1.54) is 0 Å². The molecule has 0 amide bonds. The van der Waals surface area contributed by atoms with E-state index in [4.69, 9.17) is 5.11 Å². The lowest BCUT2D eigenvalue weighted by atomic mass is 9.85. The van der Waals surface area contributed by atoms with Crippen molar-refractivity contribution in [3.8, 4) is 0 Å². The van der Waals surface area contributed by atoms with Crippen LogP contribution in [0.25, 0.3) is 0 Å². The van der Waals surface area contributed by atoms with Gasteiger partial charge in [0, 0.05) is 0 Å². The summed E-state index contributed by atoms with van der Waals surface area (Å²) < 4.78 is 0. The van der Waals surface area contributed by atoms with E-state index in [1.807, 2.05) is 0 Å². The van der Waals surface area contributed by atoms with E-state index in [-0.39, 0.29) is 5.92 Å². The van der Waals surface area contributed by atoms with E-state index in [0.29, 0.717) is 11.8 Å². The SMILES string of the molecule is CCC(CC(C)C(=O)O)C(C)C. The zero-order chi connectivity index (χ0) is 9.72. The van der Waals surface area contributed by atoms with Gasteiger partial charge in [0.2, 0.25) is 0 Å². The number of carboxylic acids is 1. The van der Waals surface area contributed by atoms with Gasteiger partial charge in [0.1, 0.15) is 0 Å². The van der Waals surface area contributed by atoms with E-state index < -0.39 is 5.97 Å². The zero-order valence-corrected chi connectivity index (χ0v) is 8.50. The molecule has 2 unspecified atom stereocenters. The molecule has 2 atom stereocenters. The van der Waals surface area contributed by atoms with Crippen LogP contribution in [-0.4, -0.2) is 11.1 Å². The molecule has 0 saturated heterocycles. The summed E-state index contributed by atoms with van der Waals surface area (Å²) in [6, 6.07) is 0. The Bertz CT molecular complexity index is 141. The maximum atomic E-state index is 10.6. The van der Waals surface area contributed by atoms with Crippen molar-refractivity contribution in [3.05, 3.63) is 0 Å². The fourth-order valence-electron chi connectivity index (χ4n) is 1.47. The molecule has 0 aliphatic heterocycles. The van der Waals surface area contributed by atoms with E-state index in [2.05, 4.69) is 20.8 Å². The quantitative estimate of drug-likeness (QED) is 0.692. The van der Waals surface area contributed by atoms with Crippen LogP contribution in [0.2, 0.25) is 0 Å². The third kappa shape index (κ3) is 3.74. The van der Waals surface area contributed by atoms with E-state index in [0.717, 1.165) is 12.8 Å². The lowest BCUT2D eigenvalue weighted by Gasteiger charge is -2.20. The molecular formula is C10H20O2. The molecule has 0 spiro atoms. The summed E-state index contributed by atoms with van der Waals surface area (Å²) in [6.07, 6.45) is 1.89. The molecule has 1 N–H and O–H groups in total. The third-order valence-electron chi connectivity index (χ3n) is 2.55. The standard InChI is InChI=1S/C10H20O2/c1-5-9(7(2)3)6-8(4)10(11)12/h7-9H,5-6H2,1-4H3,(H,11,12). The number of carboxylic acid groups (broad SMARTS) is 1. The highest BCUT2D eigenvalue weighted by Crippen LogP contribution is 2.23. The molecule has 72 valence electrons.